The zero-order chi connectivity index (χ0) is 13.0. The molecule has 18 heavy (non-hydrogen) atoms. The van der Waals surface area contributed by atoms with Crippen molar-refractivity contribution in [3.05, 3.63) is 46.5 Å². The predicted octanol–water partition coefficient (Wildman–Crippen LogP) is 1.71. The number of hydrazine groups is 1. The van der Waals surface area contributed by atoms with Gasteiger partial charge in [-0.3, -0.25) is 20.9 Å². The van der Waals surface area contributed by atoms with Crippen LogP contribution in [0.5, 0.6) is 0 Å². The van der Waals surface area contributed by atoms with Crippen molar-refractivity contribution in [2.24, 2.45) is 12.9 Å². The molecule has 5 nitrogen and oxygen atoms in total. The van der Waals surface area contributed by atoms with E-state index in [4.69, 9.17) is 5.84 Å². The second kappa shape index (κ2) is 6.08. The molecule has 1 atom stereocenters. The second-order valence-electron chi connectivity index (χ2n) is 4.14. The minimum atomic E-state index is 0.0879. The highest BCUT2D eigenvalue weighted by atomic mass is 79.9. The van der Waals surface area contributed by atoms with Crippen LogP contribution in [0.25, 0.3) is 0 Å². The summed E-state index contributed by atoms with van der Waals surface area (Å²) in [6.45, 7) is 0. The van der Waals surface area contributed by atoms with E-state index in [1.165, 1.54) is 5.69 Å². The number of pyridine rings is 1. The molecule has 0 aromatic carbocycles. The molecule has 0 aliphatic heterocycles. The fraction of sp³-hybridized carbons (Fsp3) is 0.333. The third-order valence-electron chi connectivity index (χ3n) is 2.94. The minimum Gasteiger partial charge on any atom is -0.273 e. The van der Waals surface area contributed by atoms with E-state index in [9.17, 15) is 0 Å². The second-order valence-corrected chi connectivity index (χ2v) is 5.06. The lowest BCUT2D eigenvalue weighted by Crippen LogP contribution is -2.28. The topological polar surface area (TPSA) is 68.8 Å². The molecule has 0 saturated heterocycles. The van der Waals surface area contributed by atoms with Gasteiger partial charge < -0.3 is 0 Å². The molecule has 2 aromatic rings. The number of halogens is 1. The van der Waals surface area contributed by atoms with Gasteiger partial charge in [-0.15, -0.1) is 0 Å². The van der Waals surface area contributed by atoms with E-state index in [1.807, 2.05) is 30.1 Å². The van der Waals surface area contributed by atoms with Gasteiger partial charge in [-0.05, 0) is 46.5 Å². The summed E-state index contributed by atoms with van der Waals surface area (Å²) < 4.78 is 2.84. The van der Waals surface area contributed by atoms with Crippen LogP contribution >= 0.6 is 15.9 Å². The monoisotopic (exact) mass is 309 g/mol. The Labute approximate surface area is 115 Å². The summed E-state index contributed by atoms with van der Waals surface area (Å²) in [4.78, 5) is 4.16. The van der Waals surface area contributed by atoms with Gasteiger partial charge in [-0.25, -0.2) is 0 Å². The summed E-state index contributed by atoms with van der Waals surface area (Å²) in [7, 11) is 1.95. The Kier molecular flexibility index (Phi) is 4.46. The predicted molar refractivity (Wildman–Crippen MR) is 73.5 cm³/mol. The average Bonchev–Trinajstić information content (AvgIpc) is 2.76. The van der Waals surface area contributed by atoms with Crippen LogP contribution in [0, 0.1) is 0 Å². The fourth-order valence-corrected chi connectivity index (χ4v) is 2.29. The van der Waals surface area contributed by atoms with Gasteiger partial charge in [0, 0.05) is 41.8 Å². The summed E-state index contributed by atoms with van der Waals surface area (Å²) in [5.74, 6) is 5.62. The smallest absolute Gasteiger partial charge is 0.0492 e. The molecule has 0 fully saturated rings. The Balaban J connectivity index is 2.04. The van der Waals surface area contributed by atoms with E-state index >= 15 is 0 Å². The molecule has 6 heteroatoms. The molecule has 96 valence electrons. The Morgan fingerprint density at radius 3 is 2.94 bits per heavy atom. The van der Waals surface area contributed by atoms with Crippen molar-refractivity contribution in [3.63, 3.8) is 0 Å². The minimum absolute atomic E-state index is 0.0879. The molecular formula is C12H16BrN5. The molecule has 2 heterocycles. The molecule has 0 spiro atoms. The van der Waals surface area contributed by atoms with Gasteiger partial charge in [0.05, 0.1) is 0 Å². The number of nitrogens with one attached hydrogen (secondary N) is 1. The van der Waals surface area contributed by atoms with Crippen molar-refractivity contribution < 1.29 is 0 Å². The summed E-state index contributed by atoms with van der Waals surface area (Å²) in [6.07, 6.45) is 7.21. The number of aryl methyl sites for hydroxylation is 2. The first kappa shape index (κ1) is 13.2. The largest absolute Gasteiger partial charge is 0.273 e. The Hall–Kier alpha value is -1.24. The van der Waals surface area contributed by atoms with E-state index in [0.29, 0.717) is 0 Å². The van der Waals surface area contributed by atoms with Crippen LogP contribution in [-0.4, -0.2) is 14.8 Å². The van der Waals surface area contributed by atoms with Crippen molar-refractivity contribution in [1.82, 2.24) is 20.2 Å². The number of rotatable bonds is 5. The normalized spacial score (nSPS) is 12.6. The van der Waals surface area contributed by atoms with Crippen molar-refractivity contribution in [2.75, 3.05) is 0 Å². The standard InChI is InChI=1S/C12H16BrN5/c1-18-11(4-5-16-18)2-3-12(17-14)9-6-10(13)8-15-7-9/h4-8,12,17H,2-3,14H2,1H3. The van der Waals surface area contributed by atoms with E-state index < -0.39 is 0 Å². The lowest BCUT2D eigenvalue weighted by molar-refractivity contribution is 0.505. The molecule has 0 amide bonds. The Bertz CT molecular complexity index is 511. The summed E-state index contributed by atoms with van der Waals surface area (Å²) >= 11 is 3.42. The zero-order valence-corrected chi connectivity index (χ0v) is 11.8. The van der Waals surface area contributed by atoms with Crippen LogP contribution in [0.2, 0.25) is 0 Å². The number of nitrogens with two attached hydrogens (primary N) is 1. The van der Waals surface area contributed by atoms with Crippen molar-refractivity contribution in [3.8, 4) is 0 Å². The highest BCUT2D eigenvalue weighted by Crippen LogP contribution is 2.20. The molecule has 3 N–H and O–H groups in total. The van der Waals surface area contributed by atoms with Gasteiger partial charge in [0.1, 0.15) is 0 Å². The summed E-state index contributed by atoms with van der Waals surface area (Å²) in [5, 5.41) is 4.15. The van der Waals surface area contributed by atoms with E-state index in [-0.39, 0.29) is 6.04 Å². The molecule has 2 aromatic heterocycles. The maximum Gasteiger partial charge on any atom is 0.0492 e. The van der Waals surface area contributed by atoms with Crippen molar-refractivity contribution in [1.29, 1.82) is 0 Å². The van der Waals surface area contributed by atoms with Crippen LogP contribution in [0.1, 0.15) is 23.7 Å². The average molecular weight is 310 g/mol. The number of hydrogen-bond acceptors (Lipinski definition) is 4. The highest BCUT2D eigenvalue weighted by molar-refractivity contribution is 9.10. The van der Waals surface area contributed by atoms with Gasteiger partial charge in [0.25, 0.3) is 0 Å². The highest BCUT2D eigenvalue weighted by Gasteiger charge is 2.11. The zero-order valence-electron chi connectivity index (χ0n) is 10.2. The number of hydrogen-bond donors (Lipinski definition) is 2. The first-order chi connectivity index (χ1) is 8.70. The fourth-order valence-electron chi connectivity index (χ4n) is 1.90. The summed E-state index contributed by atoms with van der Waals surface area (Å²) in [6, 6.07) is 4.14. The molecule has 0 aliphatic carbocycles. The molecule has 0 saturated carbocycles. The molecular weight excluding hydrogens is 294 g/mol. The molecule has 2 rings (SSSR count). The molecule has 0 radical (unpaired) electrons. The van der Waals surface area contributed by atoms with E-state index in [1.54, 1.807) is 12.4 Å². The van der Waals surface area contributed by atoms with E-state index in [0.717, 1.165) is 22.9 Å². The maximum absolute atomic E-state index is 5.62. The van der Waals surface area contributed by atoms with Gasteiger partial charge in [-0.1, -0.05) is 0 Å². The van der Waals surface area contributed by atoms with Gasteiger partial charge >= 0.3 is 0 Å². The van der Waals surface area contributed by atoms with Gasteiger partial charge in [-0.2, -0.15) is 5.10 Å². The quantitative estimate of drug-likeness (QED) is 0.652. The lowest BCUT2D eigenvalue weighted by Gasteiger charge is -2.16. The van der Waals surface area contributed by atoms with Crippen molar-refractivity contribution in [2.45, 2.75) is 18.9 Å². The molecule has 0 bridgehead atoms. The van der Waals surface area contributed by atoms with Gasteiger partial charge in [0.15, 0.2) is 0 Å². The van der Waals surface area contributed by atoms with Crippen LogP contribution in [0.3, 0.4) is 0 Å². The van der Waals surface area contributed by atoms with Gasteiger partial charge in [0.2, 0.25) is 0 Å². The Morgan fingerprint density at radius 1 is 1.50 bits per heavy atom. The molecule has 0 aliphatic rings. The number of aromatic nitrogens is 3. The third-order valence-corrected chi connectivity index (χ3v) is 3.37. The summed E-state index contributed by atoms with van der Waals surface area (Å²) in [5.41, 5.74) is 5.11. The molecule has 1 unspecified atom stereocenters. The SMILES string of the molecule is Cn1nccc1CCC(NN)c1cncc(Br)c1. The van der Waals surface area contributed by atoms with Crippen LogP contribution < -0.4 is 11.3 Å². The van der Waals surface area contributed by atoms with Crippen molar-refractivity contribution >= 4 is 15.9 Å². The third kappa shape index (κ3) is 3.16. The Morgan fingerprint density at radius 2 is 2.33 bits per heavy atom. The first-order valence-electron chi connectivity index (χ1n) is 5.74. The maximum atomic E-state index is 5.62. The van der Waals surface area contributed by atoms with Crippen LogP contribution in [0.4, 0.5) is 0 Å². The van der Waals surface area contributed by atoms with E-state index in [2.05, 4.69) is 31.4 Å². The first-order valence-corrected chi connectivity index (χ1v) is 6.53. The van der Waals surface area contributed by atoms with Crippen LogP contribution in [-0.2, 0) is 13.5 Å². The lowest BCUT2D eigenvalue weighted by atomic mass is 10.0. The van der Waals surface area contributed by atoms with Crippen LogP contribution in [0.15, 0.2) is 35.2 Å². The number of nitrogens with zero attached hydrogens (tertiary/aromatic N) is 3.